The van der Waals surface area contributed by atoms with Gasteiger partial charge in [-0.05, 0) is 134 Å². The van der Waals surface area contributed by atoms with Gasteiger partial charge in [-0.25, -0.2) is 4.98 Å². The minimum absolute atomic E-state index is 0.0103. The molecule has 2 aliphatic carbocycles. The van der Waals surface area contributed by atoms with E-state index in [1.807, 2.05) is 12.3 Å². The van der Waals surface area contributed by atoms with E-state index in [2.05, 4.69) is 29.9 Å². The summed E-state index contributed by atoms with van der Waals surface area (Å²) in [5.74, 6) is 2.16. The summed E-state index contributed by atoms with van der Waals surface area (Å²) in [4.78, 5) is 33.9. The maximum atomic E-state index is 12.7. The molecule has 2 heterocycles. The number of rotatable bonds is 16. The lowest BCUT2D eigenvalue weighted by molar-refractivity contribution is -0.157. The Morgan fingerprint density at radius 2 is 1.79 bits per heavy atom. The van der Waals surface area contributed by atoms with Gasteiger partial charge in [-0.15, -0.1) is 0 Å². The first-order valence-corrected chi connectivity index (χ1v) is 19.3. The molecule has 11 nitrogen and oxygen atoms in total. The minimum Gasteiger partial charge on any atom is -0.668 e. The van der Waals surface area contributed by atoms with Crippen molar-refractivity contribution in [3.8, 4) is 22.6 Å². The Balaban J connectivity index is 1.40. The number of hydrogen-bond donors (Lipinski definition) is 4. The number of esters is 2. The van der Waals surface area contributed by atoms with Crippen molar-refractivity contribution < 1.29 is 39.1 Å². The van der Waals surface area contributed by atoms with Gasteiger partial charge in [0.2, 0.25) is 0 Å². The van der Waals surface area contributed by atoms with Gasteiger partial charge < -0.3 is 40.2 Å². The number of fused-ring (bicyclic) bond motifs is 2. The average molecular weight is 733 g/mol. The fraction of sp³-hybridized carbons (Fsp3) is 0.595. The van der Waals surface area contributed by atoms with Crippen molar-refractivity contribution in [2.45, 2.75) is 97.7 Å². The Morgan fingerprint density at radius 1 is 1.00 bits per heavy atom. The highest BCUT2D eigenvalue weighted by Gasteiger charge is 2.44. The maximum absolute atomic E-state index is 12.7. The third kappa shape index (κ3) is 11.0. The first-order valence-electron chi connectivity index (χ1n) is 19.3. The molecule has 290 valence electrons. The van der Waals surface area contributed by atoms with Gasteiger partial charge in [0.15, 0.2) is 11.5 Å². The van der Waals surface area contributed by atoms with Crippen molar-refractivity contribution in [2.75, 3.05) is 25.6 Å². The Morgan fingerprint density at radius 3 is 2.45 bits per heavy atom. The number of anilines is 1. The average Bonchev–Trinajstić information content (AvgIpc) is 3.61. The molecule has 2 fully saturated rings. The zero-order valence-electron chi connectivity index (χ0n) is 31.7. The van der Waals surface area contributed by atoms with Gasteiger partial charge in [-0.2, -0.15) is 11.9 Å². The molecular weight excluding hydrogens is 674 g/mol. The number of nitrogen functional groups attached to an aromatic ring is 1. The summed E-state index contributed by atoms with van der Waals surface area (Å²) in [6.45, 7) is 7.29. The van der Waals surface area contributed by atoms with Crippen molar-refractivity contribution in [1.82, 2.24) is 9.97 Å². The van der Waals surface area contributed by atoms with Gasteiger partial charge >= 0.3 is 11.9 Å². The second kappa shape index (κ2) is 18.8. The lowest BCUT2D eigenvalue weighted by Crippen LogP contribution is -2.42. The molecule has 5 rings (SSSR count). The molecule has 8 atom stereocenters. The standard InChI is InChI=1S/C42H58N3O8/c1-25(2)37-19-32(18-35-6-5-10-44-35)31-14-28(24-47)15-34(17-33(37)16-31)40(53-27(4)49)22-36(52-26(3)48)8-7-29-20-41(51-13-12-46)39(50)23-38(29)30-9-11-45-42(43)21-30/h5-6,9-11,20-21,23,25,28,31-34,36-37,40,46-47,50H,7-8,12-19,22,24H2,1-4H3,(H2,43,45)/q-1. The van der Waals surface area contributed by atoms with Gasteiger partial charge in [-0.1, -0.05) is 26.0 Å². The molecule has 11 heteroatoms. The number of aryl methyl sites for hydroxylation is 1. The van der Waals surface area contributed by atoms with Crippen LogP contribution in [0.3, 0.4) is 0 Å². The number of hydrogen-bond acceptors (Lipinski definition) is 10. The van der Waals surface area contributed by atoms with E-state index >= 15 is 0 Å². The predicted molar refractivity (Wildman–Crippen MR) is 202 cm³/mol. The first kappa shape index (κ1) is 40.1. The van der Waals surface area contributed by atoms with E-state index in [4.69, 9.17) is 19.9 Å². The van der Waals surface area contributed by atoms with E-state index in [0.29, 0.717) is 54.7 Å². The number of nitrogens with two attached hydrogens (primary N) is 1. The molecule has 2 aromatic heterocycles. The summed E-state index contributed by atoms with van der Waals surface area (Å²) in [7, 11) is 0. The van der Waals surface area contributed by atoms with E-state index in [1.54, 1.807) is 30.5 Å². The normalized spacial score (nSPS) is 24.1. The van der Waals surface area contributed by atoms with Crippen LogP contribution in [0, 0.1) is 41.4 Å². The van der Waals surface area contributed by atoms with Gasteiger partial charge in [0.05, 0.1) is 6.61 Å². The third-order valence-corrected chi connectivity index (χ3v) is 11.6. The second-order valence-electron chi connectivity index (χ2n) is 15.7. The molecule has 2 saturated carbocycles. The number of carbonyl (C=O) groups excluding carboxylic acids is 2. The number of pyridine rings is 1. The quantitative estimate of drug-likeness (QED) is 0.125. The fourth-order valence-electron chi connectivity index (χ4n) is 9.29. The van der Waals surface area contributed by atoms with Crippen LogP contribution in [0.2, 0.25) is 0 Å². The zero-order valence-corrected chi connectivity index (χ0v) is 31.7. The topological polar surface area (TPSA) is 176 Å². The number of aliphatic hydroxyl groups excluding tert-OH is 2. The molecule has 1 aromatic carbocycles. The van der Waals surface area contributed by atoms with Crippen LogP contribution in [-0.4, -0.2) is 64.3 Å². The minimum atomic E-state index is -0.581. The number of phenolic OH excluding ortho intramolecular Hbond substituents is 1. The van der Waals surface area contributed by atoms with E-state index in [1.165, 1.54) is 13.8 Å². The molecule has 2 bridgehead atoms. The van der Waals surface area contributed by atoms with Crippen LogP contribution in [0.5, 0.6) is 11.5 Å². The van der Waals surface area contributed by atoms with Crippen LogP contribution in [0.1, 0.15) is 83.9 Å². The van der Waals surface area contributed by atoms with E-state index in [0.717, 1.165) is 60.9 Å². The molecule has 5 N–H and O–H groups in total. The zero-order chi connectivity index (χ0) is 38.1. The van der Waals surface area contributed by atoms with Crippen LogP contribution < -0.4 is 15.5 Å². The summed E-state index contributed by atoms with van der Waals surface area (Å²) in [5.41, 5.74) is 9.43. The highest BCUT2D eigenvalue weighted by Crippen LogP contribution is 2.50. The largest absolute Gasteiger partial charge is 0.668 e. The summed E-state index contributed by atoms with van der Waals surface area (Å²) in [6, 6.07) is 11.0. The fourth-order valence-corrected chi connectivity index (χ4v) is 9.29. The van der Waals surface area contributed by atoms with Crippen LogP contribution in [-0.2, 0) is 31.9 Å². The number of ether oxygens (including phenoxy) is 3. The highest BCUT2D eigenvalue weighted by atomic mass is 16.6. The van der Waals surface area contributed by atoms with Crippen LogP contribution >= 0.6 is 0 Å². The molecular formula is C42H58N3O8-. The number of phenols is 1. The van der Waals surface area contributed by atoms with Crippen LogP contribution in [0.15, 0.2) is 48.8 Å². The van der Waals surface area contributed by atoms with Crippen molar-refractivity contribution in [3.63, 3.8) is 0 Å². The van der Waals surface area contributed by atoms with E-state index < -0.39 is 18.2 Å². The molecule has 0 aliphatic heterocycles. The highest BCUT2D eigenvalue weighted by molar-refractivity contribution is 5.72. The number of carbonyl (C=O) groups is 2. The predicted octanol–water partition coefficient (Wildman–Crippen LogP) is 6.12. The number of aliphatic hydroxyl groups is 2. The molecule has 3 aromatic rings. The van der Waals surface area contributed by atoms with Gasteiger partial charge in [0, 0.05) is 33.1 Å². The molecule has 0 amide bonds. The number of aromatic nitrogens is 2. The number of benzene rings is 1. The molecule has 53 heavy (non-hydrogen) atoms. The van der Waals surface area contributed by atoms with Crippen molar-refractivity contribution >= 4 is 17.8 Å². The summed E-state index contributed by atoms with van der Waals surface area (Å²) in [6.07, 6.45) is 9.19. The Hall–Kier alpha value is -4.09. The number of nitrogens with zero attached hydrogens (tertiary/aromatic N) is 2. The smallest absolute Gasteiger partial charge is 0.302 e. The van der Waals surface area contributed by atoms with E-state index in [9.17, 15) is 24.9 Å². The molecule has 0 saturated heterocycles. The molecule has 8 unspecified atom stereocenters. The van der Waals surface area contributed by atoms with Gasteiger partial charge in [0.25, 0.3) is 0 Å². The van der Waals surface area contributed by atoms with Gasteiger partial charge in [-0.3, -0.25) is 9.59 Å². The lowest BCUT2D eigenvalue weighted by atomic mass is 9.58. The molecule has 2 aliphatic rings. The SMILES string of the molecule is CC(=O)OC(CCc1cc(OCCO)c(O)cc1-c1ccnc(N)c1)CC(OC(C)=O)C1CC(CO)CC2CC(C1)C(C(C)C)CC2Cc1ccc[n-]1. The van der Waals surface area contributed by atoms with Crippen LogP contribution in [0.25, 0.3) is 11.1 Å². The molecule has 0 spiro atoms. The lowest BCUT2D eigenvalue weighted by Gasteiger charge is -2.48. The van der Waals surface area contributed by atoms with Gasteiger partial charge in [0.1, 0.15) is 24.6 Å². The summed E-state index contributed by atoms with van der Waals surface area (Å²) in [5, 5.41) is 30.8. The number of aromatic hydroxyl groups is 1. The first-order chi connectivity index (χ1) is 25.4. The Bertz CT molecular complexity index is 1630. The second-order valence-corrected chi connectivity index (χ2v) is 15.7. The third-order valence-electron chi connectivity index (χ3n) is 11.6. The van der Waals surface area contributed by atoms with E-state index in [-0.39, 0.29) is 49.1 Å². The molecule has 0 radical (unpaired) electrons. The summed E-state index contributed by atoms with van der Waals surface area (Å²) >= 11 is 0. The monoisotopic (exact) mass is 732 g/mol. The van der Waals surface area contributed by atoms with Crippen molar-refractivity contribution in [1.29, 1.82) is 0 Å². The van der Waals surface area contributed by atoms with Crippen LogP contribution in [0.4, 0.5) is 5.82 Å². The summed E-state index contributed by atoms with van der Waals surface area (Å²) < 4.78 is 17.7. The maximum Gasteiger partial charge on any atom is 0.302 e. The van der Waals surface area contributed by atoms with Crippen molar-refractivity contribution in [2.24, 2.45) is 41.4 Å². The Labute approximate surface area is 313 Å². The Kier molecular flexibility index (Phi) is 14.2. The van der Waals surface area contributed by atoms with Crippen molar-refractivity contribution in [3.05, 3.63) is 60.0 Å².